The Kier molecular flexibility index (Phi) is 4.50. The van der Waals surface area contributed by atoms with Crippen LogP contribution in [0.25, 0.3) is 0 Å². The number of hydrogen-bond donors (Lipinski definition) is 2. The first-order chi connectivity index (χ1) is 7.56. The molecule has 0 saturated carbocycles. The SMILES string of the molecule is CCCNC(C)(C)C(=O)Nc1ccccc1. The molecule has 3 nitrogen and oxygen atoms in total. The molecule has 0 atom stereocenters. The third-order valence-electron chi connectivity index (χ3n) is 2.42. The van der Waals surface area contributed by atoms with Gasteiger partial charge in [0.05, 0.1) is 5.54 Å². The van der Waals surface area contributed by atoms with Gasteiger partial charge in [0, 0.05) is 5.69 Å². The van der Waals surface area contributed by atoms with Crippen LogP contribution < -0.4 is 10.6 Å². The van der Waals surface area contributed by atoms with E-state index in [-0.39, 0.29) is 5.91 Å². The Morgan fingerprint density at radius 1 is 1.25 bits per heavy atom. The second-order valence-corrected chi connectivity index (χ2v) is 4.37. The molecular weight excluding hydrogens is 200 g/mol. The van der Waals surface area contributed by atoms with Gasteiger partial charge in [-0.25, -0.2) is 0 Å². The predicted molar refractivity (Wildman–Crippen MR) is 67.4 cm³/mol. The molecule has 1 amide bonds. The number of hydrogen-bond acceptors (Lipinski definition) is 2. The topological polar surface area (TPSA) is 41.1 Å². The maximum Gasteiger partial charge on any atom is 0.244 e. The van der Waals surface area contributed by atoms with Crippen LogP contribution in [0.2, 0.25) is 0 Å². The molecule has 0 fully saturated rings. The molecule has 1 aromatic rings. The van der Waals surface area contributed by atoms with Crippen LogP contribution in [0.4, 0.5) is 5.69 Å². The summed E-state index contributed by atoms with van der Waals surface area (Å²) < 4.78 is 0. The highest BCUT2D eigenvalue weighted by Gasteiger charge is 2.26. The highest BCUT2D eigenvalue weighted by molar-refractivity contribution is 5.97. The number of anilines is 1. The van der Waals surface area contributed by atoms with E-state index in [0.717, 1.165) is 18.7 Å². The van der Waals surface area contributed by atoms with Crippen LogP contribution >= 0.6 is 0 Å². The molecule has 0 heterocycles. The van der Waals surface area contributed by atoms with E-state index in [2.05, 4.69) is 17.6 Å². The van der Waals surface area contributed by atoms with Crippen LogP contribution in [0.1, 0.15) is 27.2 Å². The van der Waals surface area contributed by atoms with Gasteiger partial charge in [-0.1, -0.05) is 25.1 Å². The fourth-order valence-corrected chi connectivity index (χ4v) is 1.33. The Labute approximate surface area is 97.2 Å². The number of carbonyl (C=O) groups excluding carboxylic acids is 1. The number of benzene rings is 1. The Morgan fingerprint density at radius 3 is 2.44 bits per heavy atom. The van der Waals surface area contributed by atoms with Crippen molar-refractivity contribution in [2.75, 3.05) is 11.9 Å². The molecule has 16 heavy (non-hydrogen) atoms. The summed E-state index contributed by atoms with van der Waals surface area (Å²) in [7, 11) is 0. The van der Waals surface area contributed by atoms with E-state index >= 15 is 0 Å². The molecule has 88 valence electrons. The van der Waals surface area contributed by atoms with E-state index in [1.165, 1.54) is 0 Å². The minimum Gasteiger partial charge on any atom is -0.325 e. The van der Waals surface area contributed by atoms with Gasteiger partial charge in [-0.15, -0.1) is 0 Å². The van der Waals surface area contributed by atoms with E-state index in [9.17, 15) is 4.79 Å². The average Bonchev–Trinajstić information content (AvgIpc) is 2.28. The fourth-order valence-electron chi connectivity index (χ4n) is 1.33. The Bertz CT molecular complexity index is 333. The van der Waals surface area contributed by atoms with Gasteiger partial charge in [-0.3, -0.25) is 4.79 Å². The zero-order chi connectivity index (χ0) is 12.0. The molecule has 0 aliphatic rings. The number of amides is 1. The van der Waals surface area contributed by atoms with Crippen LogP contribution in [0.15, 0.2) is 30.3 Å². The molecule has 0 saturated heterocycles. The molecule has 3 heteroatoms. The molecule has 1 aromatic carbocycles. The molecule has 0 aliphatic carbocycles. The first kappa shape index (κ1) is 12.7. The zero-order valence-electron chi connectivity index (χ0n) is 10.2. The summed E-state index contributed by atoms with van der Waals surface area (Å²) >= 11 is 0. The maximum absolute atomic E-state index is 12.0. The first-order valence-electron chi connectivity index (χ1n) is 5.68. The lowest BCUT2D eigenvalue weighted by Crippen LogP contribution is -2.50. The van der Waals surface area contributed by atoms with Crippen LogP contribution in [0.5, 0.6) is 0 Å². The molecule has 0 unspecified atom stereocenters. The van der Waals surface area contributed by atoms with E-state index in [0.29, 0.717) is 0 Å². The quantitative estimate of drug-likeness (QED) is 0.800. The van der Waals surface area contributed by atoms with E-state index in [4.69, 9.17) is 0 Å². The first-order valence-corrected chi connectivity index (χ1v) is 5.68. The number of nitrogens with one attached hydrogen (secondary N) is 2. The number of carbonyl (C=O) groups is 1. The summed E-state index contributed by atoms with van der Waals surface area (Å²) in [6.07, 6.45) is 1.02. The Morgan fingerprint density at radius 2 is 1.88 bits per heavy atom. The lowest BCUT2D eigenvalue weighted by atomic mass is 10.0. The summed E-state index contributed by atoms with van der Waals surface area (Å²) in [4.78, 5) is 12.0. The van der Waals surface area contributed by atoms with Gasteiger partial charge in [-0.2, -0.15) is 0 Å². The summed E-state index contributed by atoms with van der Waals surface area (Å²) in [5.41, 5.74) is 0.296. The van der Waals surface area contributed by atoms with Crippen molar-refractivity contribution in [3.8, 4) is 0 Å². The summed E-state index contributed by atoms with van der Waals surface area (Å²) in [5.74, 6) is -0.00727. The fraction of sp³-hybridized carbons (Fsp3) is 0.462. The maximum atomic E-state index is 12.0. The van der Waals surface area contributed by atoms with Crippen LogP contribution in [-0.4, -0.2) is 18.0 Å². The molecule has 0 bridgehead atoms. The molecule has 1 rings (SSSR count). The van der Waals surface area contributed by atoms with Crippen molar-refractivity contribution in [2.45, 2.75) is 32.7 Å². The van der Waals surface area contributed by atoms with Crippen molar-refractivity contribution >= 4 is 11.6 Å². The monoisotopic (exact) mass is 220 g/mol. The van der Waals surface area contributed by atoms with Gasteiger partial charge in [0.1, 0.15) is 0 Å². The van der Waals surface area contributed by atoms with Crippen LogP contribution in [0, 0.1) is 0 Å². The van der Waals surface area contributed by atoms with Crippen molar-refractivity contribution in [3.63, 3.8) is 0 Å². The van der Waals surface area contributed by atoms with Gasteiger partial charge in [0.15, 0.2) is 0 Å². The molecule has 0 radical (unpaired) electrons. The van der Waals surface area contributed by atoms with Crippen molar-refractivity contribution < 1.29 is 4.79 Å². The predicted octanol–water partition coefficient (Wildman–Crippen LogP) is 2.40. The number of para-hydroxylation sites is 1. The molecular formula is C13H20N2O. The van der Waals surface area contributed by atoms with Crippen LogP contribution in [-0.2, 0) is 4.79 Å². The standard InChI is InChI=1S/C13H20N2O/c1-4-10-14-13(2,3)12(16)15-11-8-6-5-7-9-11/h5-9,14H,4,10H2,1-3H3,(H,15,16). The van der Waals surface area contributed by atoms with E-state index < -0.39 is 5.54 Å². The van der Waals surface area contributed by atoms with Crippen molar-refractivity contribution in [1.29, 1.82) is 0 Å². The van der Waals surface area contributed by atoms with Gasteiger partial charge in [0.2, 0.25) is 5.91 Å². The second-order valence-electron chi connectivity index (χ2n) is 4.37. The smallest absolute Gasteiger partial charge is 0.244 e. The normalized spacial score (nSPS) is 11.2. The van der Waals surface area contributed by atoms with Gasteiger partial charge in [-0.05, 0) is 38.9 Å². The van der Waals surface area contributed by atoms with Crippen molar-refractivity contribution in [2.24, 2.45) is 0 Å². The Balaban J connectivity index is 2.58. The van der Waals surface area contributed by atoms with E-state index in [1.807, 2.05) is 44.2 Å². The summed E-state index contributed by atoms with van der Waals surface area (Å²) in [5, 5.41) is 6.11. The molecule has 0 aliphatic heterocycles. The third-order valence-corrected chi connectivity index (χ3v) is 2.42. The highest BCUT2D eigenvalue weighted by Crippen LogP contribution is 2.10. The van der Waals surface area contributed by atoms with Crippen molar-refractivity contribution in [1.82, 2.24) is 5.32 Å². The molecule has 0 spiro atoms. The van der Waals surface area contributed by atoms with Gasteiger partial charge < -0.3 is 10.6 Å². The molecule has 2 N–H and O–H groups in total. The minimum absolute atomic E-state index is 0.00727. The number of rotatable bonds is 5. The van der Waals surface area contributed by atoms with Crippen LogP contribution in [0.3, 0.4) is 0 Å². The lowest BCUT2D eigenvalue weighted by molar-refractivity contribution is -0.121. The third kappa shape index (κ3) is 3.66. The average molecular weight is 220 g/mol. The van der Waals surface area contributed by atoms with E-state index in [1.54, 1.807) is 0 Å². The Hall–Kier alpha value is -1.35. The minimum atomic E-state index is -0.536. The highest BCUT2D eigenvalue weighted by atomic mass is 16.2. The molecule has 0 aromatic heterocycles. The summed E-state index contributed by atoms with van der Waals surface area (Å²) in [6.45, 7) is 6.70. The lowest BCUT2D eigenvalue weighted by Gasteiger charge is -2.25. The zero-order valence-corrected chi connectivity index (χ0v) is 10.2. The second kappa shape index (κ2) is 5.66. The van der Waals surface area contributed by atoms with Gasteiger partial charge in [0.25, 0.3) is 0 Å². The van der Waals surface area contributed by atoms with Crippen molar-refractivity contribution in [3.05, 3.63) is 30.3 Å². The summed E-state index contributed by atoms with van der Waals surface area (Å²) in [6, 6.07) is 9.50. The largest absolute Gasteiger partial charge is 0.325 e. The van der Waals surface area contributed by atoms with Gasteiger partial charge >= 0.3 is 0 Å².